The molecule has 7 nitrogen and oxygen atoms in total. The van der Waals surface area contributed by atoms with Gasteiger partial charge in [-0.1, -0.05) is 42.1 Å². The van der Waals surface area contributed by atoms with E-state index < -0.39 is 0 Å². The van der Waals surface area contributed by atoms with Crippen molar-refractivity contribution in [3.8, 4) is 17.1 Å². The molecule has 0 aliphatic carbocycles. The SMILES string of the molecule is Cn1c(SCC(=O)N2CCN(c3ccc(O)cc3)CC2)nnc1-c1ccccc1. The van der Waals surface area contributed by atoms with Gasteiger partial charge in [-0.3, -0.25) is 4.79 Å². The molecule has 1 aromatic heterocycles. The van der Waals surface area contributed by atoms with E-state index in [-0.39, 0.29) is 11.7 Å². The number of amides is 1. The van der Waals surface area contributed by atoms with E-state index >= 15 is 0 Å². The van der Waals surface area contributed by atoms with E-state index in [9.17, 15) is 9.90 Å². The second kappa shape index (κ2) is 8.57. The van der Waals surface area contributed by atoms with Gasteiger partial charge >= 0.3 is 0 Å². The Bertz CT molecular complexity index is 966. The molecule has 0 saturated carbocycles. The molecule has 1 fully saturated rings. The molecule has 8 heteroatoms. The van der Waals surface area contributed by atoms with Gasteiger partial charge in [0, 0.05) is 44.5 Å². The summed E-state index contributed by atoms with van der Waals surface area (Å²) in [5, 5.41) is 18.7. The first kappa shape index (κ1) is 19.3. The monoisotopic (exact) mass is 409 g/mol. The van der Waals surface area contributed by atoms with Gasteiger partial charge in [-0.05, 0) is 24.3 Å². The smallest absolute Gasteiger partial charge is 0.233 e. The number of phenolic OH excluding ortho intramolecular Hbond substituents is 1. The van der Waals surface area contributed by atoms with Crippen LogP contribution in [0.25, 0.3) is 11.4 Å². The van der Waals surface area contributed by atoms with E-state index in [1.807, 2.05) is 59.0 Å². The van der Waals surface area contributed by atoms with Crippen molar-refractivity contribution >= 4 is 23.4 Å². The fraction of sp³-hybridized carbons (Fsp3) is 0.286. The summed E-state index contributed by atoms with van der Waals surface area (Å²) in [5.41, 5.74) is 2.07. The Morgan fingerprint density at radius 1 is 1.00 bits per heavy atom. The molecular weight excluding hydrogens is 386 g/mol. The van der Waals surface area contributed by atoms with Crippen molar-refractivity contribution in [3.05, 3.63) is 54.6 Å². The first-order chi connectivity index (χ1) is 14.1. The maximum atomic E-state index is 12.6. The Kier molecular flexibility index (Phi) is 5.71. The average molecular weight is 410 g/mol. The van der Waals surface area contributed by atoms with Crippen LogP contribution < -0.4 is 4.90 Å². The molecule has 0 unspecified atom stereocenters. The summed E-state index contributed by atoms with van der Waals surface area (Å²) in [6.45, 7) is 2.94. The maximum absolute atomic E-state index is 12.6. The van der Waals surface area contributed by atoms with E-state index in [1.54, 1.807) is 12.1 Å². The van der Waals surface area contributed by atoms with E-state index in [0.29, 0.717) is 18.8 Å². The molecule has 1 aliphatic heterocycles. The second-order valence-electron chi connectivity index (χ2n) is 6.90. The number of carbonyl (C=O) groups excluding carboxylic acids is 1. The number of thioether (sulfide) groups is 1. The molecule has 1 saturated heterocycles. The number of phenols is 1. The molecule has 0 bridgehead atoms. The third-order valence-electron chi connectivity index (χ3n) is 5.04. The average Bonchev–Trinajstić information content (AvgIpc) is 3.13. The number of carbonyl (C=O) groups is 1. The number of hydrogen-bond acceptors (Lipinski definition) is 6. The first-order valence-corrected chi connectivity index (χ1v) is 10.5. The van der Waals surface area contributed by atoms with Crippen molar-refractivity contribution in [2.75, 3.05) is 36.8 Å². The number of aromatic hydroxyl groups is 1. The van der Waals surface area contributed by atoms with Crippen molar-refractivity contribution < 1.29 is 9.90 Å². The zero-order valence-corrected chi connectivity index (χ0v) is 17.0. The van der Waals surface area contributed by atoms with Gasteiger partial charge in [-0.2, -0.15) is 0 Å². The van der Waals surface area contributed by atoms with Crippen LogP contribution in [-0.4, -0.2) is 62.6 Å². The summed E-state index contributed by atoms with van der Waals surface area (Å²) in [6, 6.07) is 17.1. The van der Waals surface area contributed by atoms with Crippen LogP contribution in [0.1, 0.15) is 0 Å². The van der Waals surface area contributed by atoms with Crippen molar-refractivity contribution in [1.82, 2.24) is 19.7 Å². The highest BCUT2D eigenvalue weighted by molar-refractivity contribution is 7.99. The van der Waals surface area contributed by atoms with Crippen molar-refractivity contribution in [2.45, 2.75) is 5.16 Å². The minimum absolute atomic E-state index is 0.115. The summed E-state index contributed by atoms with van der Waals surface area (Å²) in [7, 11) is 1.92. The third kappa shape index (κ3) is 4.37. The molecular formula is C21H23N5O2S. The quantitative estimate of drug-likeness (QED) is 0.653. The summed E-state index contributed by atoms with van der Waals surface area (Å²) >= 11 is 1.42. The van der Waals surface area contributed by atoms with Crippen molar-refractivity contribution in [3.63, 3.8) is 0 Å². The number of piperazine rings is 1. The topological polar surface area (TPSA) is 74.5 Å². The second-order valence-corrected chi connectivity index (χ2v) is 7.85. The van der Waals surface area contributed by atoms with Crippen LogP contribution in [0, 0.1) is 0 Å². The predicted molar refractivity (Wildman–Crippen MR) is 114 cm³/mol. The summed E-state index contributed by atoms with van der Waals surface area (Å²) in [5.74, 6) is 1.52. The zero-order valence-electron chi connectivity index (χ0n) is 16.2. The van der Waals surface area contributed by atoms with Gasteiger partial charge < -0.3 is 19.5 Å². The van der Waals surface area contributed by atoms with E-state index in [0.717, 1.165) is 35.3 Å². The highest BCUT2D eigenvalue weighted by Crippen LogP contribution is 2.23. The van der Waals surface area contributed by atoms with E-state index in [2.05, 4.69) is 15.1 Å². The molecule has 1 amide bonds. The van der Waals surface area contributed by atoms with Crippen molar-refractivity contribution in [1.29, 1.82) is 0 Å². The molecule has 1 aliphatic rings. The molecule has 0 spiro atoms. The van der Waals surface area contributed by atoms with Gasteiger partial charge in [0.1, 0.15) is 5.75 Å². The van der Waals surface area contributed by atoms with Crippen molar-refractivity contribution in [2.24, 2.45) is 7.05 Å². The lowest BCUT2D eigenvalue weighted by molar-refractivity contribution is -0.128. The number of aromatic nitrogens is 3. The maximum Gasteiger partial charge on any atom is 0.233 e. The normalized spacial score (nSPS) is 14.2. The number of anilines is 1. The van der Waals surface area contributed by atoms with Crippen LogP contribution in [0.2, 0.25) is 0 Å². The van der Waals surface area contributed by atoms with Crippen LogP contribution in [0.5, 0.6) is 5.75 Å². The Morgan fingerprint density at radius 3 is 2.38 bits per heavy atom. The van der Waals surface area contributed by atoms with Crippen LogP contribution in [0.4, 0.5) is 5.69 Å². The van der Waals surface area contributed by atoms with Crippen LogP contribution in [0.15, 0.2) is 59.8 Å². The molecule has 2 heterocycles. The fourth-order valence-corrected chi connectivity index (χ4v) is 4.19. The Morgan fingerprint density at radius 2 is 1.69 bits per heavy atom. The lowest BCUT2D eigenvalue weighted by Crippen LogP contribution is -2.49. The van der Waals surface area contributed by atoms with Gasteiger partial charge in [0.25, 0.3) is 0 Å². The number of benzene rings is 2. The highest BCUT2D eigenvalue weighted by Gasteiger charge is 2.22. The minimum Gasteiger partial charge on any atom is -0.508 e. The van der Waals surface area contributed by atoms with Crippen LogP contribution >= 0.6 is 11.8 Å². The van der Waals surface area contributed by atoms with Crippen LogP contribution in [0.3, 0.4) is 0 Å². The number of rotatable bonds is 5. The molecule has 1 N–H and O–H groups in total. The van der Waals surface area contributed by atoms with E-state index in [4.69, 9.17) is 0 Å². The molecule has 0 atom stereocenters. The van der Waals surface area contributed by atoms with Gasteiger partial charge in [0.05, 0.1) is 5.75 Å². The predicted octanol–water partition coefficient (Wildman–Crippen LogP) is 2.63. The molecule has 29 heavy (non-hydrogen) atoms. The Balaban J connectivity index is 1.31. The molecule has 3 aromatic rings. The standard InChI is InChI=1S/C21H23N5O2S/c1-24-20(16-5-3-2-4-6-16)22-23-21(24)29-15-19(28)26-13-11-25(12-14-26)17-7-9-18(27)10-8-17/h2-10,27H,11-15H2,1H3. The van der Waals surface area contributed by atoms with Gasteiger partial charge in [0.15, 0.2) is 11.0 Å². The van der Waals surface area contributed by atoms with Gasteiger partial charge in [-0.25, -0.2) is 0 Å². The molecule has 2 aromatic carbocycles. The molecule has 0 radical (unpaired) electrons. The largest absolute Gasteiger partial charge is 0.508 e. The number of nitrogens with zero attached hydrogens (tertiary/aromatic N) is 5. The summed E-state index contributed by atoms with van der Waals surface area (Å²) in [4.78, 5) is 16.8. The Hall–Kier alpha value is -3.00. The minimum atomic E-state index is 0.115. The summed E-state index contributed by atoms with van der Waals surface area (Å²) < 4.78 is 1.93. The molecule has 150 valence electrons. The molecule has 4 rings (SSSR count). The summed E-state index contributed by atoms with van der Waals surface area (Å²) in [6.07, 6.45) is 0. The lowest BCUT2D eigenvalue weighted by Gasteiger charge is -2.36. The van der Waals surface area contributed by atoms with E-state index in [1.165, 1.54) is 11.8 Å². The number of hydrogen-bond donors (Lipinski definition) is 1. The fourth-order valence-electron chi connectivity index (χ4n) is 3.37. The van der Waals surface area contributed by atoms with Crippen LogP contribution in [-0.2, 0) is 11.8 Å². The van der Waals surface area contributed by atoms with Gasteiger partial charge in [-0.15, -0.1) is 10.2 Å². The van der Waals surface area contributed by atoms with Gasteiger partial charge in [0.2, 0.25) is 5.91 Å². The third-order valence-corrected chi connectivity index (χ3v) is 6.04. The highest BCUT2D eigenvalue weighted by atomic mass is 32.2. The Labute approximate surface area is 174 Å². The lowest BCUT2D eigenvalue weighted by atomic mass is 10.2. The zero-order chi connectivity index (χ0) is 20.2. The first-order valence-electron chi connectivity index (χ1n) is 9.51.